The van der Waals surface area contributed by atoms with Crippen LogP contribution in [0.4, 0.5) is 0 Å². The minimum atomic E-state index is -0.561. The van der Waals surface area contributed by atoms with Crippen molar-refractivity contribution in [2.24, 2.45) is 5.11 Å². The molecule has 0 aromatic carbocycles. The third-order valence-electron chi connectivity index (χ3n) is 3.75. The largest absolute Gasteiger partial charge is 0.379 e. The van der Waals surface area contributed by atoms with Crippen LogP contribution in [0, 0.1) is 0 Å². The third-order valence-corrected chi connectivity index (χ3v) is 7.52. The van der Waals surface area contributed by atoms with E-state index in [1.54, 1.807) is 11.8 Å². The number of ether oxygens (including phenoxy) is 6. The Kier molecular flexibility index (Phi) is 19.2. The second-order valence-electron chi connectivity index (χ2n) is 7.80. The zero-order valence-electron chi connectivity index (χ0n) is 20.6. The van der Waals surface area contributed by atoms with Gasteiger partial charge in [0.25, 0.3) is 0 Å². The molecular weight excluding hydrogens is 482 g/mol. The number of azide groups is 1. The lowest BCUT2D eigenvalue weighted by atomic mass is 10.4. The molecule has 34 heavy (non-hydrogen) atoms. The highest BCUT2D eigenvalue weighted by atomic mass is 32.3. The van der Waals surface area contributed by atoms with Crippen molar-refractivity contribution in [3.8, 4) is 0 Å². The lowest BCUT2D eigenvalue weighted by Gasteiger charge is -2.23. The minimum Gasteiger partial charge on any atom is -0.379 e. The van der Waals surface area contributed by atoms with Crippen molar-refractivity contribution < 1.29 is 28.4 Å². The van der Waals surface area contributed by atoms with Crippen LogP contribution in [0.25, 0.3) is 10.4 Å². The average Bonchev–Trinajstić information content (AvgIpc) is 2.82. The highest BCUT2D eigenvalue weighted by Crippen LogP contribution is 2.40. The lowest BCUT2D eigenvalue weighted by molar-refractivity contribution is -0.0174. The fraction of sp³-hybridized carbons (Fsp3) is 0.810. The van der Waals surface area contributed by atoms with E-state index in [1.165, 1.54) is 0 Å². The predicted octanol–water partition coefficient (Wildman–Crippen LogP) is 3.13. The molecule has 1 aromatic heterocycles. The van der Waals surface area contributed by atoms with Crippen LogP contribution in [0.5, 0.6) is 0 Å². The second-order valence-corrected chi connectivity index (χ2v) is 13.6. The standard InChI is InChI=1S/C21H39N5O6S2/c1-34(2,3)19-33-21-23-16-20(17-24-21)18-32-15-14-31-13-12-30-11-10-29-9-8-28-7-6-27-5-4-25-26-22/h16-17H,4-15,18-19H2,1-3H3. The van der Waals surface area contributed by atoms with Gasteiger partial charge in [0.2, 0.25) is 0 Å². The SMILES string of the molecule is CS(C)(C)CSc1ncc(COCCOCCOCCOCCOCCOCCN=[N+]=[N-])cn1. The molecule has 0 saturated heterocycles. The van der Waals surface area contributed by atoms with Crippen LogP contribution in [0.15, 0.2) is 22.7 Å². The maximum atomic E-state index is 8.12. The highest BCUT2D eigenvalue weighted by molar-refractivity contribution is 8.38. The van der Waals surface area contributed by atoms with Crippen molar-refractivity contribution in [1.82, 2.24) is 9.97 Å². The van der Waals surface area contributed by atoms with Crippen LogP contribution in [-0.4, -0.2) is 113 Å². The van der Waals surface area contributed by atoms with Gasteiger partial charge in [-0.2, -0.15) is 0 Å². The Morgan fingerprint density at radius 3 is 1.65 bits per heavy atom. The van der Waals surface area contributed by atoms with Gasteiger partial charge < -0.3 is 28.4 Å². The van der Waals surface area contributed by atoms with E-state index in [0.29, 0.717) is 85.8 Å². The Labute approximate surface area is 208 Å². The summed E-state index contributed by atoms with van der Waals surface area (Å²) in [4.78, 5) is 11.4. The van der Waals surface area contributed by atoms with Crippen molar-refractivity contribution in [1.29, 1.82) is 0 Å². The van der Waals surface area contributed by atoms with Crippen molar-refractivity contribution in [2.45, 2.75) is 11.8 Å². The number of hydrogen-bond acceptors (Lipinski definition) is 10. The van der Waals surface area contributed by atoms with E-state index in [1.807, 2.05) is 12.4 Å². The minimum absolute atomic E-state index is 0.335. The van der Waals surface area contributed by atoms with Gasteiger partial charge in [0.05, 0.1) is 79.3 Å². The monoisotopic (exact) mass is 521 g/mol. The maximum Gasteiger partial charge on any atom is 0.188 e. The molecule has 11 nitrogen and oxygen atoms in total. The molecule has 0 atom stereocenters. The topological polar surface area (TPSA) is 130 Å². The van der Waals surface area contributed by atoms with Crippen molar-refractivity contribution in [2.75, 3.05) is 103 Å². The molecule has 0 aliphatic carbocycles. The summed E-state index contributed by atoms with van der Waals surface area (Å²) in [7, 11) is -0.561. The van der Waals surface area contributed by atoms with Gasteiger partial charge in [-0.1, -0.05) is 16.9 Å². The summed E-state index contributed by atoms with van der Waals surface area (Å²) in [6, 6.07) is 0. The van der Waals surface area contributed by atoms with Gasteiger partial charge in [-0.3, -0.25) is 0 Å². The number of thioether (sulfide) groups is 1. The predicted molar refractivity (Wildman–Crippen MR) is 136 cm³/mol. The fourth-order valence-corrected chi connectivity index (χ4v) is 4.25. The Hall–Kier alpha value is -1.15. The first-order valence-corrected chi connectivity index (χ1v) is 15.1. The Morgan fingerprint density at radius 1 is 0.765 bits per heavy atom. The number of hydrogen-bond donors (Lipinski definition) is 0. The third kappa shape index (κ3) is 20.2. The van der Waals surface area contributed by atoms with Crippen LogP contribution in [0.3, 0.4) is 0 Å². The molecule has 0 fully saturated rings. The lowest BCUT2D eigenvalue weighted by Crippen LogP contribution is -2.14. The molecule has 0 radical (unpaired) electrons. The van der Waals surface area contributed by atoms with Gasteiger partial charge in [-0.25, -0.2) is 20.0 Å². The molecule has 1 aromatic rings. The van der Waals surface area contributed by atoms with E-state index in [2.05, 4.69) is 38.8 Å². The normalized spacial score (nSPS) is 12.0. The summed E-state index contributed by atoms with van der Waals surface area (Å²) in [5, 5.41) is 5.25. The molecule has 0 N–H and O–H groups in total. The van der Waals surface area contributed by atoms with Crippen LogP contribution < -0.4 is 0 Å². The molecule has 0 bridgehead atoms. The van der Waals surface area contributed by atoms with E-state index in [9.17, 15) is 0 Å². The van der Waals surface area contributed by atoms with E-state index < -0.39 is 10.0 Å². The first-order chi connectivity index (χ1) is 16.5. The smallest absolute Gasteiger partial charge is 0.188 e. The molecule has 0 amide bonds. The molecule has 196 valence electrons. The fourth-order valence-electron chi connectivity index (χ4n) is 2.16. The van der Waals surface area contributed by atoms with E-state index in [4.69, 9.17) is 34.0 Å². The molecule has 13 heteroatoms. The summed E-state index contributed by atoms with van der Waals surface area (Å²) in [6.07, 6.45) is 10.5. The molecule has 0 spiro atoms. The molecule has 0 unspecified atom stereocenters. The highest BCUT2D eigenvalue weighted by Gasteiger charge is 2.06. The first kappa shape index (κ1) is 30.9. The number of aromatic nitrogens is 2. The Balaban J connectivity index is 1.81. The summed E-state index contributed by atoms with van der Waals surface area (Å²) < 4.78 is 32.5. The Morgan fingerprint density at radius 2 is 1.21 bits per heavy atom. The zero-order valence-corrected chi connectivity index (χ0v) is 22.2. The summed E-state index contributed by atoms with van der Waals surface area (Å²) in [6.45, 7) is 6.20. The maximum absolute atomic E-state index is 8.12. The van der Waals surface area contributed by atoms with E-state index in [-0.39, 0.29) is 0 Å². The van der Waals surface area contributed by atoms with Crippen molar-refractivity contribution in [3.63, 3.8) is 0 Å². The molecular formula is C21H39N5O6S2. The average molecular weight is 522 g/mol. The van der Waals surface area contributed by atoms with Crippen LogP contribution in [0.2, 0.25) is 0 Å². The molecule has 0 aliphatic rings. The van der Waals surface area contributed by atoms with Crippen LogP contribution >= 0.6 is 21.8 Å². The van der Waals surface area contributed by atoms with Gasteiger partial charge in [0.1, 0.15) is 0 Å². The molecule has 0 aliphatic heterocycles. The van der Waals surface area contributed by atoms with Gasteiger partial charge in [0.15, 0.2) is 5.16 Å². The molecule has 1 rings (SSSR count). The van der Waals surface area contributed by atoms with Gasteiger partial charge in [0, 0.05) is 34.5 Å². The van der Waals surface area contributed by atoms with Gasteiger partial charge >= 0.3 is 0 Å². The van der Waals surface area contributed by atoms with Crippen molar-refractivity contribution >= 4 is 21.8 Å². The van der Waals surface area contributed by atoms with Crippen LogP contribution in [0.1, 0.15) is 5.56 Å². The van der Waals surface area contributed by atoms with E-state index >= 15 is 0 Å². The number of nitrogens with zero attached hydrogens (tertiary/aromatic N) is 5. The number of rotatable bonds is 23. The van der Waals surface area contributed by atoms with Crippen molar-refractivity contribution in [3.05, 3.63) is 28.4 Å². The van der Waals surface area contributed by atoms with Gasteiger partial charge in [-0.15, -0.1) is 0 Å². The molecule has 1 heterocycles. The van der Waals surface area contributed by atoms with Crippen LogP contribution in [-0.2, 0) is 35.0 Å². The zero-order chi connectivity index (χ0) is 24.7. The second kappa shape index (κ2) is 21.2. The Bertz CT molecular complexity index is 660. The molecule has 0 saturated carbocycles. The van der Waals surface area contributed by atoms with Gasteiger partial charge in [-0.05, 0) is 24.3 Å². The quantitative estimate of drug-likeness (QED) is 0.0532. The summed E-state index contributed by atoms with van der Waals surface area (Å²) in [5.41, 5.74) is 9.07. The summed E-state index contributed by atoms with van der Waals surface area (Å²) >= 11 is 1.70. The van der Waals surface area contributed by atoms with E-state index in [0.717, 1.165) is 15.8 Å². The summed E-state index contributed by atoms with van der Waals surface area (Å²) in [5.74, 6) is 0. The first-order valence-electron chi connectivity index (χ1n) is 11.1.